The van der Waals surface area contributed by atoms with Gasteiger partial charge in [0.25, 0.3) is 5.91 Å². The summed E-state index contributed by atoms with van der Waals surface area (Å²) in [5.41, 5.74) is 1.44. The van der Waals surface area contributed by atoms with Gasteiger partial charge in [-0.1, -0.05) is 6.92 Å². The first-order valence-electron chi connectivity index (χ1n) is 10.6. The minimum Gasteiger partial charge on any atom is -0.490 e. The molecule has 2 amide bonds. The molecule has 2 aromatic heterocycles. The van der Waals surface area contributed by atoms with Gasteiger partial charge in [-0.3, -0.25) is 9.20 Å². The lowest BCUT2D eigenvalue weighted by Gasteiger charge is -2.26. The number of amides is 2. The Balaban J connectivity index is 1.82. The Hall–Kier alpha value is -2.77. The van der Waals surface area contributed by atoms with E-state index in [0.717, 1.165) is 5.69 Å². The van der Waals surface area contributed by atoms with Crippen LogP contribution in [0.25, 0.3) is 5.65 Å². The molecule has 0 aromatic carbocycles. The molecule has 0 atom stereocenters. The van der Waals surface area contributed by atoms with E-state index in [1.54, 1.807) is 9.80 Å². The second kappa shape index (κ2) is 8.93. The Morgan fingerprint density at radius 2 is 1.80 bits per heavy atom. The summed E-state index contributed by atoms with van der Waals surface area (Å²) in [7, 11) is 0. The Bertz CT molecular complexity index is 916. The standard InChI is InChI=1S/C22H32N4O4/c1-6-16-18(26-13-8-10-17(29-7-2)19(26)23-16)20(27)24-11-9-12-25(15-14-24)21(28)30-22(3,4)5/h8,10,13H,6-7,9,11-12,14-15H2,1-5H3. The fourth-order valence-corrected chi connectivity index (χ4v) is 3.61. The predicted molar refractivity (Wildman–Crippen MR) is 114 cm³/mol. The van der Waals surface area contributed by atoms with E-state index in [4.69, 9.17) is 9.47 Å². The van der Waals surface area contributed by atoms with Crippen LogP contribution in [0.2, 0.25) is 0 Å². The van der Waals surface area contributed by atoms with Crippen LogP contribution in [0.1, 0.15) is 57.2 Å². The lowest BCUT2D eigenvalue weighted by molar-refractivity contribution is 0.0255. The number of carbonyl (C=O) groups excluding carboxylic acids is 2. The molecule has 3 rings (SSSR count). The Morgan fingerprint density at radius 3 is 2.47 bits per heavy atom. The van der Waals surface area contributed by atoms with Gasteiger partial charge in [0.05, 0.1) is 12.3 Å². The van der Waals surface area contributed by atoms with Gasteiger partial charge in [-0.2, -0.15) is 0 Å². The number of imidazole rings is 1. The van der Waals surface area contributed by atoms with Gasteiger partial charge < -0.3 is 19.3 Å². The van der Waals surface area contributed by atoms with Crippen LogP contribution in [0.15, 0.2) is 18.3 Å². The molecule has 0 spiro atoms. The van der Waals surface area contributed by atoms with E-state index in [9.17, 15) is 9.59 Å². The number of carbonyl (C=O) groups is 2. The summed E-state index contributed by atoms with van der Waals surface area (Å²) in [6, 6.07) is 3.73. The van der Waals surface area contributed by atoms with Crippen LogP contribution in [0.5, 0.6) is 5.75 Å². The molecule has 0 N–H and O–H groups in total. The number of nitrogens with zero attached hydrogens (tertiary/aromatic N) is 4. The summed E-state index contributed by atoms with van der Waals surface area (Å²) in [5.74, 6) is 0.597. The molecular formula is C22H32N4O4. The average Bonchev–Trinajstić information content (AvgIpc) is 2.88. The second-order valence-electron chi connectivity index (χ2n) is 8.37. The van der Waals surface area contributed by atoms with E-state index >= 15 is 0 Å². The fourth-order valence-electron chi connectivity index (χ4n) is 3.61. The number of fused-ring (bicyclic) bond motifs is 1. The van der Waals surface area contributed by atoms with Gasteiger partial charge in [-0.25, -0.2) is 9.78 Å². The van der Waals surface area contributed by atoms with E-state index < -0.39 is 5.60 Å². The number of hydrogen-bond donors (Lipinski definition) is 0. The van der Waals surface area contributed by atoms with Crippen molar-refractivity contribution in [1.82, 2.24) is 19.2 Å². The second-order valence-corrected chi connectivity index (χ2v) is 8.37. The molecule has 2 aromatic rings. The molecule has 1 fully saturated rings. The zero-order chi connectivity index (χ0) is 21.9. The number of aromatic nitrogens is 2. The number of hydrogen-bond acceptors (Lipinski definition) is 5. The predicted octanol–water partition coefficient (Wildman–Crippen LogP) is 3.38. The highest BCUT2D eigenvalue weighted by Gasteiger charge is 2.29. The molecule has 0 radical (unpaired) electrons. The number of ether oxygens (including phenoxy) is 2. The highest BCUT2D eigenvalue weighted by Crippen LogP contribution is 2.24. The summed E-state index contributed by atoms with van der Waals surface area (Å²) in [4.78, 5) is 34.1. The molecule has 0 aliphatic carbocycles. The fraction of sp³-hybridized carbons (Fsp3) is 0.591. The van der Waals surface area contributed by atoms with Gasteiger partial charge in [-0.15, -0.1) is 0 Å². The third kappa shape index (κ3) is 4.68. The van der Waals surface area contributed by atoms with Crippen molar-refractivity contribution in [3.8, 4) is 5.75 Å². The quantitative estimate of drug-likeness (QED) is 0.764. The number of aryl methyl sites for hydroxylation is 1. The topological polar surface area (TPSA) is 76.4 Å². The third-order valence-corrected chi connectivity index (χ3v) is 4.96. The van der Waals surface area contributed by atoms with Crippen molar-refractivity contribution in [3.05, 3.63) is 29.7 Å². The van der Waals surface area contributed by atoms with Crippen LogP contribution >= 0.6 is 0 Å². The van der Waals surface area contributed by atoms with Crippen molar-refractivity contribution in [1.29, 1.82) is 0 Å². The Labute approximate surface area is 177 Å². The smallest absolute Gasteiger partial charge is 0.410 e. The summed E-state index contributed by atoms with van der Waals surface area (Å²) < 4.78 is 13.0. The Morgan fingerprint density at radius 1 is 1.10 bits per heavy atom. The van der Waals surface area contributed by atoms with Crippen LogP contribution in [0.4, 0.5) is 4.79 Å². The van der Waals surface area contributed by atoms with Crippen LogP contribution < -0.4 is 4.74 Å². The van der Waals surface area contributed by atoms with Gasteiger partial charge in [0.15, 0.2) is 11.4 Å². The first-order chi connectivity index (χ1) is 14.2. The largest absolute Gasteiger partial charge is 0.490 e. The lowest BCUT2D eigenvalue weighted by atomic mass is 10.2. The first kappa shape index (κ1) is 21.9. The third-order valence-electron chi connectivity index (χ3n) is 4.96. The summed E-state index contributed by atoms with van der Waals surface area (Å²) in [5, 5.41) is 0. The molecule has 164 valence electrons. The molecule has 3 heterocycles. The summed E-state index contributed by atoms with van der Waals surface area (Å²) in [6.45, 7) is 12.1. The first-order valence-corrected chi connectivity index (χ1v) is 10.6. The van der Waals surface area contributed by atoms with Gasteiger partial charge >= 0.3 is 6.09 Å². The van der Waals surface area contributed by atoms with Crippen molar-refractivity contribution >= 4 is 17.6 Å². The highest BCUT2D eigenvalue weighted by molar-refractivity contribution is 5.95. The van der Waals surface area contributed by atoms with Crippen molar-refractivity contribution in [2.45, 2.75) is 53.1 Å². The van der Waals surface area contributed by atoms with Gasteiger partial charge in [0.2, 0.25) is 0 Å². The molecule has 1 aliphatic rings. The molecule has 1 saturated heterocycles. The summed E-state index contributed by atoms with van der Waals surface area (Å²) >= 11 is 0. The average molecular weight is 417 g/mol. The molecule has 0 saturated carbocycles. The zero-order valence-electron chi connectivity index (χ0n) is 18.6. The minimum absolute atomic E-state index is 0.0703. The van der Waals surface area contributed by atoms with E-state index in [2.05, 4.69) is 4.98 Å². The van der Waals surface area contributed by atoms with E-state index in [0.29, 0.717) is 62.7 Å². The zero-order valence-corrected chi connectivity index (χ0v) is 18.6. The van der Waals surface area contributed by atoms with Crippen molar-refractivity contribution in [2.24, 2.45) is 0 Å². The van der Waals surface area contributed by atoms with Crippen LogP contribution in [-0.4, -0.2) is 69.6 Å². The van der Waals surface area contributed by atoms with Gasteiger partial charge in [0.1, 0.15) is 11.3 Å². The molecule has 8 nitrogen and oxygen atoms in total. The molecule has 0 bridgehead atoms. The van der Waals surface area contributed by atoms with Crippen LogP contribution in [0.3, 0.4) is 0 Å². The maximum atomic E-state index is 13.5. The number of pyridine rings is 1. The molecule has 30 heavy (non-hydrogen) atoms. The van der Waals surface area contributed by atoms with Crippen molar-refractivity contribution in [3.63, 3.8) is 0 Å². The summed E-state index contributed by atoms with van der Waals surface area (Å²) in [6.07, 6.45) is 2.86. The maximum absolute atomic E-state index is 13.5. The Kier molecular flexibility index (Phi) is 6.53. The van der Waals surface area contributed by atoms with Gasteiger partial charge in [0, 0.05) is 32.4 Å². The molecule has 8 heteroatoms. The monoisotopic (exact) mass is 416 g/mol. The lowest BCUT2D eigenvalue weighted by Crippen LogP contribution is -2.40. The maximum Gasteiger partial charge on any atom is 0.410 e. The van der Waals surface area contributed by atoms with Crippen LogP contribution in [-0.2, 0) is 11.2 Å². The van der Waals surface area contributed by atoms with E-state index in [1.807, 2.05) is 57.3 Å². The highest BCUT2D eigenvalue weighted by atomic mass is 16.6. The molecule has 1 aliphatic heterocycles. The molecular weight excluding hydrogens is 384 g/mol. The van der Waals surface area contributed by atoms with Crippen molar-refractivity contribution < 1.29 is 19.1 Å². The normalized spacial score (nSPS) is 15.2. The van der Waals surface area contributed by atoms with Crippen LogP contribution in [0, 0.1) is 0 Å². The molecule has 0 unspecified atom stereocenters. The van der Waals surface area contributed by atoms with E-state index in [-0.39, 0.29) is 12.0 Å². The number of rotatable bonds is 4. The van der Waals surface area contributed by atoms with E-state index in [1.165, 1.54) is 0 Å². The van der Waals surface area contributed by atoms with Crippen molar-refractivity contribution in [2.75, 3.05) is 32.8 Å². The minimum atomic E-state index is -0.538. The SMILES string of the molecule is CCOc1cccn2c(C(=O)N3CCCN(C(=O)OC(C)(C)C)CC3)c(CC)nc12. The van der Waals surface area contributed by atoms with Gasteiger partial charge in [-0.05, 0) is 52.7 Å².